The van der Waals surface area contributed by atoms with Gasteiger partial charge in [0.25, 0.3) is 5.79 Å². The molecule has 2 aromatic rings. The first-order valence-corrected chi connectivity index (χ1v) is 10.0. The molecule has 0 aliphatic carbocycles. The molecule has 6 nitrogen and oxygen atoms in total. The number of nitrogens with zero attached hydrogens (tertiary/aromatic N) is 2. The van der Waals surface area contributed by atoms with Gasteiger partial charge in [-0.25, -0.2) is 0 Å². The minimum atomic E-state index is -1.36. The van der Waals surface area contributed by atoms with Crippen LogP contribution in [-0.2, 0) is 25.5 Å². The number of fused-ring (bicyclic) bond motifs is 4. The van der Waals surface area contributed by atoms with Gasteiger partial charge in [0.05, 0.1) is 6.04 Å². The van der Waals surface area contributed by atoms with Crippen LogP contribution in [0.25, 0.3) is 0 Å². The van der Waals surface area contributed by atoms with E-state index in [0.717, 1.165) is 23.5 Å². The molecule has 3 aliphatic rings. The number of hydrogen-bond acceptors (Lipinski definition) is 6. The van der Waals surface area contributed by atoms with Crippen LogP contribution in [0.2, 0.25) is 0 Å². The smallest absolute Gasteiger partial charge is 0.329 e. The molecule has 0 saturated carbocycles. The molecule has 150 valence electrons. The van der Waals surface area contributed by atoms with Crippen LogP contribution in [0.5, 0.6) is 0 Å². The molecule has 6 heteroatoms. The molecule has 0 bridgehead atoms. The average Bonchev–Trinajstić information content (AvgIpc) is 2.71. The summed E-state index contributed by atoms with van der Waals surface area (Å²) < 4.78 is 11.2. The van der Waals surface area contributed by atoms with Crippen molar-refractivity contribution in [1.82, 2.24) is 0 Å². The first kappa shape index (κ1) is 18.0. The van der Waals surface area contributed by atoms with Crippen LogP contribution in [0, 0.1) is 5.41 Å². The van der Waals surface area contributed by atoms with Gasteiger partial charge in [0.1, 0.15) is 0 Å². The lowest BCUT2D eigenvalue weighted by Gasteiger charge is -2.55. The number of esters is 2. The normalized spacial score (nSPS) is 24.4. The molecule has 2 fully saturated rings. The van der Waals surface area contributed by atoms with E-state index in [2.05, 4.69) is 28.0 Å². The van der Waals surface area contributed by atoms with E-state index in [1.165, 1.54) is 0 Å². The highest BCUT2D eigenvalue weighted by atomic mass is 16.7. The number of cyclic esters (lactones) is 2. The maximum Gasteiger partial charge on any atom is 0.329 e. The zero-order valence-electron chi connectivity index (χ0n) is 16.6. The number of carbonyl (C=O) groups excluding carboxylic acids is 2. The molecule has 0 radical (unpaired) electrons. The van der Waals surface area contributed by atoms with E-state index in [4.69, 9.17) is 9.47 Å². The van der Waals surface area contributed by atoms with Gasteiger partial charge in [0, 0.05) is 51.3 Å². The fraction of sp³-hybridized carbons (Fsp3) is 0.391. The summed E-state index contributed by atoms with van der Waals surface area (Å²) in [6.07, 6.45) is 0.292. The van der Waals surface area contributed by atoms with Gasteiger partial charge in [-0.15, -0.1) is 0 Å². The van der Waals surface area contributed by atoms with Crippen LogP contribution in [0.3, 0.4) is 0 Å². The van der Waals surface area contributed by atoms with Crippen molar-refractivity contribution < 1.29 is 19.1 Å². The SMILES string of the molecule is CC1(C)OC(=O)C2(Cc3ccccc3N3CCN(c4ccccc4)C[C@@H]32)C(=O)O1. The minimum absolute atomic E-state index is 0.292. The Kier molecular flexibility index (Phi) is 3.88. The molecule has 29 heavy (non-hydrogen) atoms. The van der Waals surface area contributed by atoms with Crippen LogP contribution in [0.15, 0.2) is 54.6 Å². The number of piperazine rings is 1. The van der Waals surface area contributed by atoms with Crippen molar-refractivity contribution in [2.75, 3.05) is 29.4 Å². The molecule has 2 aromatic carbocycles. The summed E-state index contributed by atoms with van der Waals surface area (Å²) >= 11 is 0. The fourth-order valence-electron chi connectivity index (χ4n) is 4.87. The minimum Gasteiger partial charge on any atom is -0.422 e. The van der Waals surface area contributed by atoms with Crippen LogP contribution in [0.4, 0.5) is 11.4 Å². The maximum absolute atomic E-state index is 13.3. The van der Waals surface area contributed by atoms with E-state index in [9.17, 15) is 9.59 Å². The Bertz CT molecular complexity index is 952. The van der Waals surface area contributed by atoms with E-state index in [1.807, 2.05) is 36.4 Å². The van der Waals surface area contributed by atoms with Crippen LogP contribution < -0.4 is 9.80 Å². The summed E-state index contributed by atoms with van der Waals surface area (Å²) in [6, 6.07) is 17.7. The highest BCUT2D eigenvalue weighted by Gasteiger charge is 2.64. The van der Waals surface area contributed by atoms with Crippen LogP contribution in [0.1, 0.15) is 19.4 Å². The topological polar surface area (TPSA) is 59.1 Å². The third-order valence-electron chi connectivity index (χ3n) is 6.25. The molecule has 0 aromatic heterocycles. The Morgan fingerprint density at radius 3 is 2.28 bits per heavy atom. The van der Waals surface area contributed by atoms with E-state index >= 15 is 0 Å². The first-order chi connectivity index (χ1) is 13.9. The molecule has 1 spiro atoms. The van der Waals surface area contributed by atoms with Crippen LogP contribution >= 0.6 is 0 Å². The Balaban J connectivity index is 1.61. The zero-order chi connectivity index (χ0) is 20.2. The molecule has 5 rings (SSSR count). The summed E-state index contributed by atoms with van der Waals surface area (Å²) in [7, 11) is 0. The molecule has 0 unspecified atom stereocenters. The van der Waals surface area contributed by atoms with Crippen molar-refractivity contribution in [3.05, 3.63) is 60.2 Å². The number of ether oxygens (including phenoxy) is 2. The lowest BCUT2D eigenvalue weighted by molar-refractivity contribution is -0.253. The number of benzene rings is 2. The highest BCUT2D eigenvalue weighted by Crippen LogP contribution is 2.48. The molecule has 2 saturated heterocycles. The number of carbonyl (C=O) groups is 2. The van der Waals surface area contributed by atoms with Gasteiger partial charge in [0.2, 0.25) is 0 Å². The number of hydrogen-bond donors (Lipinski definition) is 0. The molecule has 0 N–H and O–H groups in total. The van der Waals surface area contributed by atoms with E-state index < -0.39 is 23.1 Å². The van der Waals surface area contributed by atoms with Crippen LogP contribution in [-0.4, -0.2) is 43.4 Å². The van der Waals surface area contributed by atoms with Gasteiger partial charge in [-0.3, -0.25) is 9.59 Å². The molecule has 0 amide bonds. The van der Waals surface area contributed by atoms with E-state index in [-0.39, 0.29) is 6.04 Å². The lowest BCUT2D eigenvalue weighted by atomic mass is 9.69. The summed E-state index contributed by atoms with van der Waals surface area (Å²) in [4.78, 5) is 31.1. The second kappa shape index (κ2) is 6.24. The molecule has 3 heterocycles. The van der Waals surface area contributed by atoms with Gasteiger partial charge in [0.15, 0.2) is 5.41 Å². The largest absolute Gasteiger partial charge is 0.422 e. The standard InChI is InChI=1S/C23H24N2O4/c1-22(2)28-20(26)23(21(27)29-22)14-16-8-6-7-11-18(16)25-13-12-24(15-19(23)25)17-9-4-3-5-10-17/h3-11,19H,12-15H2,1-2H3/t19-/m1/s1. The zero-order valence-corrected chi connectivity index (χ0v) is 16.6. The van der Waals surface area contributed by atoms with Gasteiger partial charge < -0.3 is 19.3 Å². The van der Waals surface area contributed by atoms with Crippen molar-refractivity contribution in [2.24, 2.45) is 5.41 Å². The second-order valence-electron chi connectivity index (χ2n) is 8.45. The van der Waals surface area contributed by atoms with Gasteiger partial charge in [-0.2, -0.15) is 0 Å². The quantitative estimate of drug-likeness (QED) is 0.549. The number of para-hydroxylation sites is 2. The summed E-state index contributed by atoms with van der Waals surface area (Å²) in [5.74, 6) is -2.22. The molecular formula is C23H24N2O4. The average molecular weight is 392 g/mol. The molecule has 3 aliphatic heterocycles. The second-order valence-corrected chi connectivity index (χ2v) is 8.45. The monoisotopic (exact) mass is 392 g/mol. The van der Waals surface area contributed by atoms with Crippen molar-refractivity contribution in [3.63, 3.8) is 0 Å². The van der Waals surface area contributed by atoms with Crippen molar-refractivity contribution >= 4 is 23.3 Å². The Morgan fingerprint density at radius 1 is 0.897 bits per heavy atom. The summed E-state index contributed by atoms with van der Waals surface area (Å²) in [6.45, 7) is 5.26. The van der Waals surface area contributed by atoms with Gasteiger partial charge in [-0.05, 0) is 23.8 Å². The van der Waals surface area contributed by atoms with Crippen molar-refractivity contribution in [1.29, 1.82) is 0 Å². The predicted octanol–water partition coefficient (Wildman–Crippen LogP) is 2.76. The Morgan fingerprint density at radius 2 is 1.55 bits per heavy atom. The van der Waals surface area contributed by atoms with Crippen molar-refractivity contribution in [2.45, 2.75) is 32.1 Å². The molecule has 1 atom stereocenters. The summed E-state index contributed by atoms with van der Waals surface area (Å²) in [5.41, 5.74) is 1.78. The predicted molar refractivity (Wildman–Crippen MR) is 109 cm³/mol. The Labute approximate surface area is 170 Å². The Hall–Kier alpha value is -3.02. The molecular weight excluding hydrogens is 368 g/mol. The third-order valence-corrected chi connectivity index (χ3v) is 6.25. The van der Waals surface area contributed by atoms with Gasteiger partial charge >= 0.3 is 11.9 Å². The van der Waals surface area contributed by atoms with E-state index in [1.54, 1.807) is 13.8 Å². The third kappa shape index (κ3) is 2.69. The maximum atomic E-state index is 13.3. The highest BCUT2D eigenvalue weighted by molar-refractivity contribution is 6.04. The van der Waals surface area contributed by atoms with E-state index in [0.29, 0.717) is 19.5 Å². The van der Waals surface area contributed by atoms with Crippen molar-refractivity contribution in [3.8, 4) is 0 Å². The number of anilines is 2. The van der Waals surface area contributed by atoms with Gasteiger partial charge in [-0.1, -0.05) is 36.4 Å². The number of rotatable bonds is 1. The lowest BCUT2D eigenvalue weighted by Crippen LogP contribution is -2.71. The fourth-order valence-corrected chi connectivity index (χ4v) is 4.87. The summed E-state index contributed by atoms with van der Waals surface area (Å²) in [5, 5.41) is 0. The first-order valence-electron chi connectivity index (χ1n) is 10.0.